The maximum Gasteiger partial charge on any atom is 0.161 e. The van der Waals surface area contributed by atoms with E-state index in [0.29, 0.717) is 0 Å². The molecule has 0 N–H and O–H groups in total. The number of hydrogen-bond acceptors (Lipinski definition) is 1. The predicted octanol–water partition coefficient (Wildman–Crippen LogP) is 3.95. The molecule has 0 radical (unpaired) electrons. The summed E-state index contributed by atoms with van der Waals surface area (Å²) < 4.78 is 2.13. The Morgan fingerprint density at radius 3 is 2.68 bits per heavy atom. The van der Waals surface area contributed by atoms with Crippen LogP contribution in [0, 0.1) is 5.41 Å². The normalized spacial score (nSPS) is 18.7. The Bertz CT molecular complexity index is 688. The fourth-order valence-corrected chi connectivity index (χ4v) is 2.81. The van der Waals surface area contributed by atoms with Crippen molar-refractivity contribution in [2.45, 2.75) is 26.7 Å². The van der Waals surface area contributed by atoms with E-state index in [0.717, 1.165) is 12.8 Å². The van der Waals surface area contributed by atoms with Gasteiger partial charge in [0.05, 0.1) is 0 Å². The fraction of sp³-hybridized carbons (Fsp3) is 0.353. The van der Waals surface area contributed by atoms with Crippen molar-refractivity contribution >= 4 is 22.3 Å². The Morgan fingerprint density at radius 2 is 1.95 bits per heavy atom. The molecule has 1 aromatic heterocycles. The summed E-state index contributed by atoms with van der Waals surface area (Å²) in [4.78, 5) is 12.2. The summed E-state index contributed by atoms with van der Waals surface area (Å²) in [5.41, 5.74) is 3.41. The Morgan fingerprint density at radius 1 is 1.21 bits per heavy atom. The molecular formula is C17H19NO. The van der Waals surface area contributed by atoms with Gasteiger partial charge in [0.1, 0.15) is 0 Å². The molecule has 0 unspecified atom stereocenters. The van der Waals surface area contributed by atoms with Crippen molar-refractivity contribution in [2.24, 2.45) is 12.5 Å². The number of benzene rings is 1. The van der Waals surface area contributed by atoms with E-state index in [-0.39, 0.29) is 11.2 Å². The molecular weight excluding hydrogens is 234 g/mol. The van der Waals surface area contributed by atoms with Crippen molar-refractivity contribution in [3.63, 3.8) is 0 Å². The zero-order chi connectivity index (χ0) is 13.6. The van der Waals surface area contributed by atoms with Crippen molar-refractivity contribution in [2.75, 3.05) is 0 Å². The van der Waals surface area contributed by atoms with E-state index >= 15 is 0 Å². The summed E-state index contributed by atoms with van der Waals surface area (Å²) >= 11 is 0. The van der Waals surface area contributed by atoms with E-state index in [2.05, 4.69) is 42.1 Å². The second kappa shape index (κ2) is 4.09. The molecule has 98 valence electrons. The number of carbonyl (C=O) groups excluding carboxylic acids is 1. The highest BCUT2D eigenvalue weighted by Crippen LogP contribution is 2.38. The number of nitrogens with zero attached hydrogens (tertiary/aromatic N) is 1. The minimum atomic E-state index is -0.200. The van der Waals surface area contributed by atoms with Gasteiger partial charge in [-0.2, -0.15) is 0 Å². The molecule has 1 heterocycles. The van der Waals surface area contributed by atoms with Crippen LogP contribution in [0.25, 0.3) is 16.5 Å². The Kier molecular flexibility index (Phi) is 2.63. The highest BCUT2D eigenvalue weighted by molar-refractivity contribution is 6.05. The third-order valence-corrected chi connectivity index (χ3v) is 4.23. The second-order valence-electron chi connectivity index (χ2n) is 6.09. The SMILES string of the molecule is Cn1cc(C2=CC(=O)C(C)(C)CC2)c2ccccc21. The monoisotopic (exact) mass is 253 g/mol. The molecule has 0 saturated carbocycles. The Balaban J connectivity index is 2.14. The number of hydrogen-bond donors (Lipinski definition) is 0. The topological polar surface area (TPSA) is 22.0 Å². The van der Waals surface area contributed by atoms with Gasteiger partial charge in [-0.15, -0.1) is 0 Å². The van der Waals surface area contributed by atoms with Crippen LogP contribution in [0.2, 0.25) is 0 Å². The lowest BCUT2D eigenvalue weighted by atomic mass is 9.76. The van der Waals surface area contributed by atoms with E-state index in [9.17, 15) is 4.79 Å². The molecule has 0 amide bonds. The lowest BCUT2D eigenvalue weighted by molar-refractivity contribution is -0.122. The molecule has 2 nitrogen and oxygen atoms in total. The highest BCUT2D eigenvalue weighted by Gasteiger charge is 2.30. The molecule has 1 aromatic carbocycles. The lowest BCUT2D eigenvalue weighted by Gasteiger charge is -2.26. The largest absolute Gasteiger partial charge is 0.350 e. The third-order valence-electron chi connectivity index (χ3n) is 4.23. The number of allylic oxidation sites excluding steroid dienone is 2. The first-order valence-electron chi connectivity index (χ1n) is 6.78. The molecule has 19 heavy (non-hydrogen) atoms. The van der Waals surface area contributed by atoms with Crippen LogP contribution in [0.4, 0.5) is 0 Å². The highest BCUT2D eigenvalue weighted by atomic mass is 16.1. The van der Waals surface area contributed by atoms with Gasteiger partial charge in [-0.25, -0.2) is 0 Å². The molecule has 1 aliphatic carbocycles. The first-order chi connectivity index (χ1) is 8.99. The van der Waals surface area contributed by atoms with Crippen LogP contribution in [0.15, 0.2) is 36.5 Å². The Labute approximate surface area is 113 Å². The number of fused-ring (bicyclic) bond motifs is 1. The van der Waals surface area contributed by atoms with Gasteiger partial charge >= 0.3 is 0 Å². The van der Waals surface area contributed by atoms with Crippen molar-refractivity contribution < 1.29 is 4.79 Å². The van der Waals surface area contributed by atoms with Crippen molar-refractivity contribution in [3.05, 3.63) is 42.1 Å². The smallest absolute Gasteiger partial charge is 0.161 e. The summed E-state index contributed by atoms with van der Waals surface area (Å²) in [6.45, 7) is 4.07. The van der Waals surface area contributed by atoms with Crippen LogP contribution in [0.5, 0.6) is 0 Å². The van der Waals surface area contributed by atoms with Gasteiger partial charge < -0.3 is 4.57 Å². The van der Waals surface area contributed by atoms with E-state index < -0.39 is 0 Å². The minimum Gasteiger partial charge on any atom is -0.350 e. The number of rotatable bonds is 1. The van der Waals surface area contributed by atoms with Crippen molar-refractivity contribution in [3.8, 4) is 0 Å². The third kappa shape index (κ3) is 1.92. The number of carbonyl (C=O) groups is 1. The maximum absolute atomic E-state index is 12.2. The first-order valence-corrected chi connectivity index (χ1v) is 6.78. The molecule has 0 bridgehead atoms. The van der Waals surface area contributed by atoms with Crippen molar-refractivity contribution in [1.29, 1.82) is 0 Å². The van der Waals surface area contributed by atoms with Crippen LogP contribution in [0.1, 0.15) is 32.3 Å². The van der Waals surface area contributed by atoms with E-state index in [1.807, 2.05) is 19.9 Å². The van der Waals surface area contributed by atoms with Gasteiger partial charge in [-0.1, -0.05) is 32.0 Å². The number of aromatic nitrogens is 1. The standard InChI is InChI=1S/C17H19NO/c1-17(2)9-8-12(10-16(17)19)14-11-18(3)15-7-5-4-6-13(14)15/h4-7,10-11H,8-9H2,1-3H3. The first kappa shape index (κ1) is 12.2. The molecule has 0 fully saturated rings. The zero-order valence-corrected chi connectivity index (χ0v) is 11.7. The van der Waals surface area contributed by atoms with E-state index in [4.69, 9.17) is 0 Å². The summed E-state index contributed by atoms with van der Waals surface area (Å²) in [6.07, 6.45) is 5.90. The van der Waals surface area contributed by atoms with E-state index in [1.54, 1.807) is 0 Å². The van der Waals surface area contributed by atoms with Gasteiger partial charge in [-0.3, -0.25) is 4.79 Å². The number of para-hydroxylation sites is 1. The molecule has 0 saturated heterocycles. The molecule has 3 rings (SSSR count). The lowest BCUT2D eigenvalue weighted by Crippen LogP contribution is -2.25. The molecule has 0 spiro atoms. The van der Waals surface area contributed by atoms with Gasteiger partial charge in [0.25, 0.3) is 0 Å². The molecule has 2 heteroatoms. The van der Waals surface area contributed by atoms with Crippen molar-refractivity contribution in [1.82, 2.24) is 4.57 Å². The molecule has 0 atom stereocenters. The van der Waals surface area contributed by atoms with Gasteiger partial charge in [0.15, 0.2) is 5.78 Å². The predicted molar refractivity (Wildman–Crippen MR) is 78.9 cm³/mol. The van der Waals surface area contributed by atoms with Crippen LogP contribution in [-0.4, -0.2) is 10.4 Å². The fourth-order valence-electron chi connectivity index (χ4n) is 2.81. The minimum absolute atomic E-state index is 0.200. The summed E-state index contributed by atoms with van der Waals surface area (Å²) in [5, 5.41) is 1.24. The maximum atomic E-state index is 12.2. The van der Waals surface area contributed by atoms with Gasteiger partial charge in [0.2, 0.25) is 0 Å². The summed E-state index contributed by atoms with van der Waals surface area (Å²) in [6, 6.07) is 8.36. The Hall–Kier alpha value is -1.83. The quantitative estimate of drug-likeness (QED) is 0.754. The number of aryl methyl sites for hydroxylation is 1. The second-order valence-corrected chi connectivity index (χ2v) is 6.09. The zero-order valence-electron chi connectivity index (χ0n) is 11.7. The average molecular weight is 253 g/mol. The van der Waals surface area contributed by atoms with Crippen LogP contribution >= 0.6 is 0 Å². The molecule has 2 aromatic rings. The van der Waals surface area contributed by atoms with Gasteiger partial charge in [-0.05, 0) is 30.6 Å². The average Bonchev–Trinajstić information content (AvgIpc) is 2.71. The van der Waals surface area contributed by atoms with Crippen LogP contribution in [0.3, 0.4) is 0 Å². The molecule has 1 aliphatic rings. The van der Waals surface area contributed by atoms with Crippen LogP contribution < -0.4 is 0 Å². The summed E-state index contributed by atoms with van der Waals surface area (Å²) in [7, 11) is 2.06. The van der Waals surface area contributed by atoms with Gasteiger partial charge in [0, 0.05) is 35.1 Å². The molecule has 0 aliphatic heterocycles. The van der Waals surface area contributed by atoms with E-state index in [1.165, 1.54) is 22.0 Å². The number of ketones is 1. The van der Waals surface area contributed by atoms with Crippen LogP contribution in [-0.2, 0) is 11.8 Å². The summed E-state index contributed by atoms with van der Waals surface area (Å²) in [5.74, 6) is 0.252.